The average molecular weight is 289 g/mol. The van der Waals surface area contributed by atoms with Gasteiger partial charge < -0.3 is 10.1 Å². The van der Waals surface area contributed by atoms with Gasteiger partial charge in [0, 0.05) is 17.3 Å². The molecule has 0 aliphatic heterocycles. The minimum absolute atomic E-state index is 0.402. The number of nitrogens with one attached hydrogen (secondary N) is 1. The molecule has 1 heterocycles. The largest absolute Gasteiger partial charge is 0.494 e. The molecular formula is C17H23NOS. The smallest absolute Gasteiger partial charge is 0.119 e. The van der Waals surface area contributed by atoms with Gasteiger partial charge in [-0.3, -0.25) is 0 Å². The SMILES string of the molecule is CCCNC(CCOc1ccccc1)c1sccc1C. The summed E-state index contributed by atoms with van der Waals surface area (Å²) in [5, 5.41) is 5.80. The Morgan fingerprint density at radius 1 is 1.20 bits per heavy atom. The number of hydrogen-bond acceptors (Lipinski definition) is 3. The lowest BCUT2D eigenvalue weighted by atomic mass is 10.1. The van der Waals surface area contributed by atoms with Crippen LogP contribution in [0.5, 0.6) is 5.75 Å². The third-order valence-electron chi connectivity index (χ3n) is 3.28. The Labute approximate surface area is 125 Å². The van der Waals surface area contributed by atoms with Crippen LogP contribution in [0.2, 0.25) is 0 Å². The van der Waals surface area contributed by atoms with Crippen LogP contribution in [0, 0.1) is 6.92 Å². The first-order valence-corrected chi connectivity index (χ1v) is 8.14. The van der Waals surface area contributed by atoms with Gasteiger partial charge in [-0.05, 0) is 49.0 Å². The first-order chi connectivity index (χ1) is 9.81. The Morgan fingerprint density at radius 3 is 2.65 bits per heavy atom. The molecule has 0 saturated carbocycles. The molecule has 1 unspecified atom stereocenters. The van der Waals surface area contributed by atoms with Crippen molar-refractivity contribution in [2.24, 2.45) is 0 Å². The normalized spacial score (nSPS) is 12.3. The van der Waals surface area contributed by atoms with E-state index in [2.05, 4.69) is 30.6 Å². The van der Waals surface area contributed by atoms with Gasteiger partial charge in [-0.1, -0.05) is 25.1 Å². The lowest BCUT2D eigenvalue weighted by Gasteiger charge is -2.18. The van der Waals surface area contributed by atoms with E-state index in [0.29, 0.717) is 6.04 Å². The van der Waals surface area contributed by atoms with Crippen LogP contribution >= 0.6 is 11.3 Å². The molecule has 1 atom stereocenters. The van der Waals surface area contributed by atoms with E-state index in [1.54, 1.807) is 0 Å². The van der Waals surface area contributed by atoms with Crippen LogP contribution in [0.4, 0.5) is 0 Å². The fraction of sp³-hybridized carbons (Fsp3) is 0.412. The Morgan fingerprint density at radius 2 is 2.00 bits per heavy atom. The van der Waals surface area contributed by atoms with Gasteiger partial charge in [0.15, 0.2) is 0 Å². The lowest BCUT2D eigenvalue weighted by molar-refractivity contribution is 0.287. The van der Waals surface area contributed by atoms with E-state index in [-0.39, 0.29) is 0 Å². The van der Waals surface area contributed by atoms with Crippen LogP contribution in [-0.2, 0) is 0 Å². The van der Waals surface area contributed by atoms with Gasteiger partial charge in [0.25, 0.3) is 0 Å². The molecule has 1 aromatic heterocycles. The summed E-state index contributed by atoms with van der Waals surface area (Å²) < 4.78 is 5.82. The molecule has 0 bridgehead atoms. The highest BCUT2D eigenvalue weighted by molar-refractivity contribution is 7.10. The van der Waals surface area contributed by atoms with Crippen LogP contribution in [0.15, 0.2) is 41.8 Å². The van der Waals surface area contributed by atoms with Gasteiger partial charge in [0.2, 0.25) is 0 Å². The number of aryl methyl sites for hydroxylation is 1. The summed E-state index contributed by atoms with van der Waals surface area (Å²) >= 11 is 1.84. The minimum atomic E-state index is 0.402. The summed E-state index contributed by atoms with van der Waals surface area (Å²) in [6, 6.07) is 12.6. The molecule has 1 aromatic carbocycles. The summed E-state index contributed by atoms with van der Waals surface area (Å²) in [5.74, 6) is 0.949. The van der Waals surface area contributed by atoms with Crippen LogP contribution in [0.25, 0.3) is 0 Å². The standard InChI is InChI=1S/C17H23NOS/c1-3-11-18-16(17-14(2)10-13-20-17)9-12-19-15-7-5-4-6-8-15/h4-8,10,13,16,18H,3,9,11-12H2,1-2H3. The Balaban J connectivity index is 1.89. The van der Waals surface area contributed by atoms with E-state index in [1.165, 1.54) is 10.4 Å². The number of thiophene rings is 1. The molecule has 0 spiro atoms. The van der Waals surface area contributed by atoms with Crippen molar-refractivity contribution in [1.82, 2.24) is 5.32 Å². The number of hydrogen-bond donors (Lipinski definition) is 1. The molecule has 0 amide bonds. The second-order valence-electron chi connectivity index (χ2n) is 4.92. The third-order valence-corrected chi connectivity index (χ3v) is 4.41. The van der Waals surface area contributed by atoms with E-state index in [9.17, 15) is 0 Å². The molecule has 0 radical (unpaired) electrons. The Kier molecular flexibility index (Phi) is 6.09. The summed E-state index contributed by atoms with van der Waals surface area (Å²) in [5.41, 5.74) is 1.38. The minimum Gasteiger partial charge on any atom is -0.494 e. The molecule has 0 fully saturated rings. The van der Waals surface area contributed by atoms with E-state index in [0.717, 1.165) is 31.7 Å². The molecule has 3 heteroatoms. The molecule has 0 saturated heterocycles. The van der Waals surface area contributed by atoms with Crippen molar-refractivity contribution in [1.29, 1.82) is 0 Å². The van der Waals surface area contributed by atoms with Crippen molar-refractivity contribution >= 4 is 11.3 Å². The maximum absolute atomic E-state index is 5.82. The summed E-state index contributed by atoms with van der Waals surface area (Å²) in [6.07, 6.45) is 2.15. The number of ether oxygens (including phenoxy) is 1. The van der Waals surface area contributed by atoms with E-state index in [1.807, 2.05) is 41.7 Å². The predicted molar refractivity (Wildman–Crippen MR) is 86.6 cm³/mol. The highest BCUT2D eigenvalue weighted by Gasteiger charge is 2.14. The van der Waals surface area contributed by atoms with Crippen LogP contribution in [0.3, 0.4) is 0 Å². The van der Waals surface area contributed by atoms with Crippen molar-refractivity contribution in [3.8, 4) is 5.75 Å². The van der Waals surface area contributed by atoms with Gasteiger partial charge in [-0.25, -0.2) is 0 Å². The van der Waals surface area contributed by atoms with Crippen molar-refractivity contribution in [3.05, 3.63) is 52.2 Å². The summed E-state index contributed by atoms with van der Waals surface area (Å²) in [7, 11) is 0. The highest BCUT2D eigenvalue weighted by Crippen LogP contribution is 2.26. The van der Waals surface area contributed by atoms with Gasteiger partial charge in [-0.2, -0.15) is 0 Å². The maximum Gasteiger partial charge on any atom is 0.119 e. The molecule has 0 aliphatic carbocycles. The fourth-order valence-corrected chi connectivity index (χ4v) is 3.24. The number of para-hydroxylation sites is 1. The predicted octanol–water partition coefficient (Wildman–Crippen LogP) is 4.57. The fourth-order valence-electron chi connectivity index (χ4n) is 2.20. The summed E-state index contributed by atoms with van der Waals surface area (Å²) in [4.78, 5) is 1.44. The zero-order valence-corrected chi connectivity index (χ0v) is 13.1. The van der Waals surface area contributed by atoms with Crippen molar-refractivity contribution < 1.29 is 4.74 Å². The van der Waals surface area contributed by atoms with Crippen LogP contribution in [-0.4, -0.2) is 13.2 Å². The molecule has 1 N–H and O–H groups in total. The van der Waals surface area contributed by atoms with E-state index < -0.39 is 0 Å². The van der Waals surface area contributed by atoms with Crippen LogP contribution in [0.1, 0.15) is 36.2 Å². The van der Waals surface area contributed by atoms with Crippen molar-refractivity contribution in [2.75, 3.05) is 13.2 Å². The van der Waals surface area contributed by atoms with Gasteiger partial charge in [0.05, 0.1) is 6.61 Å². The zero-order valence-electron chi connectivity index (χ0n) is 12.3. The first-order valence-electron chi connectivity index (χ1n) is 7.26. The van der Waals surface area contributed by atoms with Gasteiger partial charge >= 0.3 is 0 Å². The summed E-state index contributed by atoms with van der Waals surface area (Å²) in [6.45, 7) is 6.17. The molecule has 108 valence electrons. The number of benzene rings is 1. The number of rotatable bonds is 8. The average Bonchev–Trinajstić information content (AvgIpc) is 2.90. The van der Waals surface area contributed by atoms with E-state index >= 15 is 0 Å². The third kappa shape index (κ3) is 4.36. The molecule has 20 heavy (non-hydrogen) atoms. The van der Waals surface area contributed by atoms with E-state index in [4.69, 9.17) is 4.74 Å². The highest BCUT2D eigenvalue weighted by atomic mass is 32.1. The van der Waals surface area contributed by atoms with Crippen LogP contribution < -0.4 is 10.1 Å². The second-order valence-corrected chi connectivity index (χ2v) is 5.87. The lowest BCUT2D eigenvalue weighted by Crippen LogP contribution is -2.23. The molecular weight excluding hydrogens is 266 g/mol. The van der Waals surface area contributed by atoms with Gasteiger partial charge in [0.1, 0.15) is 5.75 Å². The first kappa shape index (κ1) is 15.1. The quantitative estimate of drug-likeness (QED) is 0.769. The molecule has 2 aromatic rings. The Hall–Kier alpha value is -1.32. The molecule has 2 rings (SSSR count). The van der Waals surface area contributed by atoms with Gasteiger partial charge in [-0.15, -0.1) is 11.3 Å². The topological polar surface area (TPSA) is 21.3 Å². The second kappa shape index (κ2) is 8.08. The maximum atomic E-state index is 5.82. The Bertz CT molecular complexity index is 495. The monoisotopic (exact) mass is 289 g/mol. The zero-order chi connectivity index (χ0) is 14.2. The van der Waals surface area contributed by atoms with Crippen molar-refractivity contribution in [3.63, 3.8) is 0 Å². The van der Waals surface area contributed by atoms with Crippen molar-refractivity contribution in [2.45, 2.75) is 32.7 Å². The molecule has 2 nitrogen and oxygen atoms in total. The molecule has 0 aliphatic rings.